The molecular formula is C15H20N6O. The summed E-state index contributed by atoms with van der Waals surface area (Å²) in [6.45, 7) is 7.61. The molecule has 1 fully saturated rings. The van der Waals surface area contributed by atoms with Crippen molar-refractivity contribution >= 4 is 11.9 Å². The Balaban J connectivity index is 1.56. The van der Waals surface area contributed by atoms with Gasteiger partial charge in [-0.15, -0.1) is 0 Å². The molecule has 1 N–H and O–H groups in total. The van der Waals surface area contributed by atoms with Gasteiger partial charge in [-0.2, -0.15) is 5.10 Å². The number of hydrogen-bond acceptors (Lipinski definition) is 5. The van der Waals surface area contributed by atoms with Crippen molar-refractivity contribution in [3.05, 3.63) is 35.9 Å². The van der Waals surface area contributed by atoms with E-state index in [2.05, 4.69) is 43.0 Å². The highest BCUT2D eigenvalue weighted by atomic mass is 16.2. The van der Waals surface area contributed by atoms with Gasteiger partial charge in [-0.25, -0.2) is 9.97 Å². The highest BCUT2D eigenvalue weighted by Crippen LogP contribution is 2.25. The van der Waals surface area contributed by atoms with Crippen LogP contribution in [0.3, 0.4) is 0 Å². The summed E-state index contributed by atoms with van der Waals surface area (Å²) in [5.74, 6) is 0.257. The van der Waals surface area contributed by atoms with Gasteiger partial charge in [0.1, 0.15) is 0 Å². The van der Waals surface area contributed by atoms with Crippen LogP contribution >= 0.6 is 0 Å². The Morgan fingerprint density at radius 3 is 2.59 bits per heavy atom. The Kier molecular flexibility index (Phi) is 3.89. The van der Waals surface area contributed by atoms with Gasteiger partial charge >= 0.3 is 0 Å². The molecule has 7 heteroatoms. The average Bonchev–Trinajstić information content (AvgIpc) is 2.77. The zero-order valence-corrected chi connectivity index (χ0v) is 13.0. The summed E-state index contributed by atoms with van der Waals surface area (Å²) in [7, 11) is 0. The normalized spacial score (nSPS) is 17.0. The second-order valence-corrected chi connectivity index (χ2v) is 5.72. The average molecular weight is 300 g/mol. The van der Waals surface area contributed by atoms with Gasteiger partial charge in [0.05, 0.1) is 17.8 Å². The van der Waals surface area contributed by atoms with E-state index in [1.54, 1.807) is 18.5 Å². The van der Waals surface area contributed by atoms with E-state index in [1.807, 2.05) is 13.8 Å². The lowest BCUT2D eigenvalue weighted by atomic mass is 10.1. The SMILES string of the molecule is Cc1cc(C)n(C2CN([C@@H](C)C(=O)Nc3ncccn3)C2)n1. The van der Waals surface area contributed by atoms with Crippen molar-refractivity contribution in [2.45, 2.75) is 32.9 Å². The fraction of sp³-hybridized carbons (Fsp3) is 0.467. The van der Waals surface area contributed by atoms with E-state index in [1.165, 1.54) is 0 Å². The van der Waals surface area contributed by atoms with Crippen LogP contribution in [0.4, 0.5) is 5.95 Å². The third-order valence-electron chi connectivity index (χ3n) is 4.01. The maximum Gasteiger partial charge on any atom is 0.243 e. The van der Waals surface area contributed by atoms with Gasteiger partial charge in [0, 0.05) is 31.2 Å². The van der Waals surface area contributed by atoms with Crippen molar-refractivity contribution in [2.24, 2.45) is 0 Å². The van der Waals surface area contributed by atoms with E-state index in [0.717, 1.165) is 24.5 Å². The minimum atomic E-state index is -0.211. The smallest absolute Gasteiger partial charge is 0.243 e. The van der Waals surface area contributed by atoms with Crippen molar-refractivity contribution in [1.82, 2.24) is 24.6 Å². The number of carbonyl (C=O) groups is 1. The van der Waals surface area contributed by atoms with Crippen molar-refractivity contribution in [2.75, 3.05) is 18.4 Å². The van der Waals surface area contributed by atoms with Crippen molar-refractivity contribution in [3.8, 4) is 0 Å². The van der Waals surface area contributed by atoms with Crippen LogP contribution in [0.1, 0.15) is 24.4 Å². The first-order valence-corrected chi connectivity index (χ1v) is 7.39. The van der Waals surface area contributed by atoms with Gasteiger partial charge in [0.25, 0.3) is 0 Å². The molecule has 3 rings (SSSR count). The van der Waals surface area contributed by atoms with Gasteiger partial charge < -0.3 is 0 Å². The fourth-order valence-electron chi connectivity index (χ4n) is 2.72. The van der Waals surface area contributed by atoms with E-state index in [9.17, 15) is 4.79 Å². The number of aryl methyl sites for hydroxylation is 2. The molecular weight excluding hydrogens is 280 g/mol. The van der Waals surface area contributed by atoms with Crippen LogP contribution < -0.4 is 5.32 Å². The minimum absolute atomic E-state index is 0.0852. The Bertz CT molecular complexity index is 662. The minimum Gasteiger partial charge on any atom is -0.293 e. The molecule has 22 heavy (non-hydrogen) atoms. The van der Waals surface area contributed by atoms with Crippen molar-refractivity contribution in [1.29, 1.82) is 0 Å². The van der Waals surface area contributed by atoms with Crippen LogP contribution in [0.5, 0.6) is 0 Å². The predicted molar refractivity (Wildman–Crippen MR) is 82.4 cm³/mol. The van der Waals surface area contributed by atoms with Crippen LogP contribution in [0.25, 0.3) is 0 Å². The first-order chi connectivity index (χ1) is 10.5. The molecule has 1 aliphatic heterocycles. The standard InChI is InChI=1S/C15H20N6O/c1-10-7-11(2)21(19-10)13-8-20(9-13)12(3)14(22)18-15-16-5-4-6-17-15/h4-7,12-13H,8-9H2,1-3H3,(H,16,17,18,22)/t12-/m0/s1. The molecule has 1 amide bonds. The Hall–Kier alpha value is -2.28. The Morgan fingerprint density at radius 1 is 1.32 bits per heavy atom. The number of hydrogen-bond donors (Lipinski definition) is 1. The monoisotopic (exact) mass is 300 g/mol. The lowest BCUT2D eigenvalue weighted by Crippen LogP contribution is -2.55. The fourth-order valence-corrected chi connectivity index (χ4v) is 2.72. The lowest BCUT2D eigenvalue weighted by molar-refractivity contribution is -0.123. The van der Waals surface area contributed by atoms with E-state index >= 15 is 0 Å². The van der Waals surface area contributed by atoms with Gasteiger partial charge in [0.2, 0.25) is 11.9 Å². The van der Waals surface area contributed by atoms with Crippen molar-refractivity contribution in [3.63, 3.8) is 0 Å². The van der Waals surface area contributed by atoms with E-state index in [0.29, 0.717) is 12.0 Å². The first kappa shape index (κ1) is 14.6. The van der Waals surface area contributed by atoms with Gasteiger partial charge in [-0.1, -0.05) is 0 Å². The van der Waals surface area contributed by atoms with Crippen LogP contribution in [-0.2, 0) is 4.79 Å². The Labute approximate surface area is 129 Å². The molecule has 7 nitrogen and oxygen atoms in total. The molecule has 116 valence electrons. The third-order valence-corrected chi connectivity index (χ3v) is 4.01. The number of likely N-dealkylation sites (tertiary alicyclic amines) is 1. The number of aromatic nitrogens is 4. The van der Waals surface area contributed by atoms with E-state index in [4.69, 9.17) is 0 Å². The molecule has 2 aromatic rings. The van der Waals surface area contributed by atoms with Crippen LogP contribution in [0.2, 0.25) is 0 Å². The number of carbonyl (C=O) groups excluding carboxylic acids is 1. The topological polar surface area (TPSA) is 75.9 Å². The lowest BCUT2D eigenvalue weighted by Gasteiger charge is -2.42. The number of nitrogens with one attached hydrogen (secondary N) is 1. The Morgan fingerprint density at radius 2 is 2.00 bits per heavy atom. The predicted octanol–water partition coefficient (Wildman–Crippen LogP) is 1.17. The highest BCUT2D eigenvalue weighted by Gasteiger charge is 2.35. The molecule has 0 saturated carbocycles. The van der Waals surface area contributed by atoms with Crippen molar-refractivity contribution < 1.29 is 4.79 Å². The quantitative estimate of drug-likeness (QED) is 0.917. The highest BCUT2D eigenvalue weighted by molar-refractivity contribution is 5.93. The zero-order valence-electron chi connectivity index (χ0n) is 13.0. The van der Waals surface area contributed by atoms with Crippen LogP contribution in [0, 0.1) is 13.8 Å². The summed E-state index contributed by atoms with van der Waals surface area (Å²) in [4.78, 5) is 22.3. The molecule has 0 unspecified atom stereocenters. The number of nitrogens with zero attached hydrogens (tertiary/aromatic N) is 5. The molecule has 1 saturated heterocycles. The summed E-state index contributed by atoms with van der Waals surface area (Å²) in [6.07, 6.45) is 3.21. The summed E-state index contributed by atoms with van der Waals surface area (Å²) >= 11 is 0. The second kappa shape index (κ2) is 5.84. The number of rotatable bonds is 4. The number of anilines is 1. The summed E-state index contributed by atoms with van der Waals surface area (Å²) in [6, 6.07) is 3.92. The van der Waals surface area contributed by atoms with E-state index in [-0.39, 0.29) is 11.9 Å². The molecule has 3 heterocycles. The molecule has 0 radical (unpaired) electrons. The van der Waals surface area contributed by atoms with Crippen LogP contribution in [-0.4, -0.2) is 49.7 Å². The van der Waals surface area contributed by atoms with Gasteiger partial charge in [-0.3, -0.25) is 19.7 Å². The molecule has 0 aromatic carbocycles. The summed E-state index contributed by atoms with van der Waals surface area (Å²) < 4.78 is 2.05. The molecule has 0 spiro atoms. The van der Waals surface area contributed by atoms with Crippen LogP contribution in [0.15, 0.2) is 24.5 Å². The molecule has 0 bridgehead atoms. The maximum absolute atomic E-state index is 12.2. The number of amides is 1. The first-order valence-electron chi connectivity index (χ1n) is 7.39. The van der Waals surface area contributed by atoms with E-state index < -0.39 is 0 Å². The third kappa shape index (κ3) is 2.85. The molecule has 1 atom stereocenters. The zero-order chi connectivity index (χ0) is 15.7. The summed E-state index contributed by atoms with van der Waals surface area (Å²) in [5, 5.41) is 7.24. The molecule has 2 aromatic heterocycles. The van der Waals surface area contributed by atoms with Gasteiger partial charge in [0.15, 0.2) is 0 Å². The molecule has 0 aliphatic carbocycles. The summed E-state index contributed by atoms with van der Waals surface area (Å²) in [5.41, 5.74) is 2.19. The maximum atomic E-state index is 12.2. The largest absolute Gasteiger partial charge is 0.293 e. The molecule has 1 aliphatic rings. The second-order valence-electron chi connectivity index (χ2n) is 5.72. The van der Waals surface area contributed by atoms with Gasteiger partial charge in [-0.05, 0) is 32.9 Å².